The van der Waals surface area contributed by atoms with Crippen LogP contribution in [0.1, 0.15) is 16.2 Å². The average molecular weight is 298 g/mol. The Bertz CT molecular complexity index is 778. The average Bonchev–Trinajstić information content (AvgIpc) is 3.19. The number of hydrogen-bond donors (Lipinski definition) is 2. The minimum atomic E-state index is -0.320. The minimum absolute atomic E-state index is 0.0140. The Hall–Kier alpha value is -2.80. The maximum atomic E-state index is 12.3. The number of nitrogens with one attached hydrogen (secondary N) is 1. The van der Waals surface area contributed by atoms with Gasteiger partial charge in [0.1, 0.15) is 0 Å². The van der Waals surface area contributed by atoms with Crippen LogP contribution in [0, 0.1) is 0 Å². The zero-order valence-corrected chi connectivity index (χ0v) is 11.5. The third-order valence-corrected chi connectivity index (χ3v) is 3.77. The van der Waals surface area contributed by atoms with E-state index in [9.17, 15) is 9.90 Å². The largest absolute Gasteiger partial charge is 0.504 e. The van der Waals surface area contributed by atoms with Crippen molar-refractivity contribution in [3.8, 4) is 10.4 Å². The number of carbonyl (C=O) groups excluding carboxylic acids is 1. The molecule has 0 unspecified atom stereocenters. The summed E-state index contributed by atoms with van der Waals surface area (Å²) in [6.07, 6.45) is 1.10. The fraction of sp³-hybridized carbons (Fsp3) is 0. The van der Waals surface area contributed by atoms with E-state index in [1.807, 2.05) is 35.7 Å². The van der Waals surface area contributed by atoms with Gasteiger partial charge in [-0.15, -0.1) is 21.5 Å². The Balaban J connectivity index is 1.94. The van der Waals surface area contributed by atoms with E-state index in [4.69, 9.17) is 0 Å². The van der Waals surface area contributed by atoms with E-state index >= 15 is 0 Å². The molecule has 104 valence electrons. The van der Waals surface area contributed by atoms with E-state index in [0.717, 1.165) is 16.5 Å². The molecule has 0 amide bonds. The molecule has 3 aromatic rings. The van der Waals surface area contributed by atoms with Gasteiger partial charge in [0.15, 0.2) is 11.5 Å². The number of ketones is 1. The number of rotatable bonds is 4. The number of carbonyl (C=O) groups is 1. The molecule has 0 bridgehead atoms. The van der Waals surface area contributed by atoms with E-state index in [2.05, 4.69) is 20.6 Å². The van der Waals surface area contributed by atoms with Crippen molar-refractivity contribution >= 4 is 22.9 Å². The molecule has 0 spiro atoms. The molecule has 1 aromatic carbocycles. The molecular weight excluding hydrogens is 288 g/mol. The number of allylic oxidation sites excluding steroid dienone is 1. The lowest BCUT2D eigenvalue weighted by atomic mass is 10.1. The quantitative estimate of drug-likeness (QED) is 0.439. The summed E-state index contributed by atoms with van der Waals surface area (Å²) in [6.45, 7) is 0. The third kappa shape index (κ3) is 2.72. The number of H-pyrrole nitrogens is 1. The molecule has 0 aliphatic carbocycles. The van der Waals surface area contributed by atoms with Crippen LogP contribution >= 0.6 is 11.3 Å². The summed E-state index contributed by atoms with van der Waals surface area (Å²) in [6, 6.07) is 11.3. The van der Waals surface area contributed by atoms with Crippen LogP contribution in [0.4, 0.5) is 0 Å². The molecule has 2 heterocycles. The van der Waals surface area contributed by atoms with E-state index in [-0.39, 0.29) is 17.4 Å². The van der Waals surface area contributed by atoms with Gasteiger partial charge in [-0.05, 0) is 22.2 Å². The lowest BCUT2D eigenvalue weighted by Gasteiger charge is -2.01. The summed E-state index contributed by atoms with van der Waals surface area (Å²) in [4.78, 5) is 13.1. The smallest absolute Gasteiger partial charge is 0.239 e. The fourth-order valence-electron chi connectivity index (χ4n) is 1.85. The van der Waals surface area contributed by atoms with Crippen LogP contribution in [0.2, 0.25) is 0 Å². The molecule has 0 radical (unpaired) electrons. The topological polar surface area (TPSA) is 91.8 Å². The van der Waals surface area contributed by atoms with Crippen LogP contribution in [-0.2, 0) is 0 Å². The van der Waals surface area contributed by atoms with Crippen LogP contribution in [0.25, 0.3) is 16.2 Å². The first kappa shape index (κ1) is 13.2. The molecule has 0 saturated carbocycles. The summed E-state index contributed by atoms with van der Waals surface area (Å²) in [7, 11) is 0. The van der Waals surface area contributed by atoms with Crippen molar-refractivity contribution in [3.05, 3.63) is 59.2 Å². The first-order valence-corrected chi connectivity index (χ1v) is 6.95. The van der Waals surface area contributed by atoms with Crippen LogP contribution < -0.4 is 0 Å². The molecule has 3 rings (SSSR count). The summed E-state index contributed by atoms with van der Waals surface area (Å²) < 4.78 is 0. The number of nitrogens with zero attached hydrogens (tertiary/aromatic N) is 3. The second-order valence-corrected chi connectivity index (χ2v) is 5.07. The minimum Gasteiger partial charge on any atom is -0.504 e. The first-order valence-electron chi connectivity index (χ1n) is 6.07. The number of thiophene rings is 1. The van der Waals surface area contributed by atoms with Crippen LogP contribution in [0.15, 0.2) is 47.9 Å². The number of aromatic amines is 1. The molecule has 7 heteroatoms. The van der Waals surface area contributed by atoms with Crippen LogP contribution in [0.5, 0.6) is 0 Å². The molecule has 21 heavy (non-hydrogen) atoms. The van der Waals surface area contributed by atoms with Gasteiger partial charge in [0, 0.05) is 16.5 Å². The van der Waals surface area contributed by atoms with Crippen molar-refractivity contribution in [3.63, 3.8) is 0 Å². The van der Waals surface area contributed by atoms with Crippen molar-refractivity contribution in [2.45, 2.75) is 0 Å². The van der Waals surface area contributed by atoms with Gasteiger partial charge in [-0.25, -0.2) is 0 Å². The Morgan fingerprint density at radius 3 is 2.76 bits per heavy atom. The molecule has 2 aromatic heterocycles. The van der Waals surface area contributed by atoms with Gasteiger partial charge < -0.3 is 5.11 Å². The molecule has 0 aliphatic rings. The predicted molar refractivity (Wildman–Crippen MR) is 78.9 cm³/mol. The lowest BCUT2D eigenvalue weighted by molar-refractivity contribution is 0.104. The molecule has 0 saturated heterocycles. The number of tetrazole rings is 1. The highest BCUT2D eigenvalue weighted by atomic mass is 32.1. The molecule has 0 atom stereocenters. The molecule has 0 fully saturated rings. The maximum absolute atomic E-state index is 12.3. The highest BCUT2D eigenvalue weighted by Crippen LogP contribution is 2.30. The Kier molecular flexibility index (Phi) is 3.57. The van der Waals surface area contributed by atoms with E-state index in [1.165, 1.54) is 11.3 Å². The number of aliphatic hydroxyl groups excluding tert-OH is 1. The van der Waals surface area contributed by atoms with Gasteiger partial charge >= 0.3 is 0 Å². The van der Waals surface area contributed by atoms with E-state index < -0.39 is 0 Å². The zero-order chi connectivity index (χ0) is 14.7. The Morgan fingerprint density at radius 1 is 1.24 bits per heavy atom. The second-order valence-electron chi connectivity index (χ2n) is 4.16. The monoisotopic (exact) mass is 298 g/mol. The van der Waals surface area contributed by atoms with Gasteiger partial charge in [0.25, 0.3) is 0 Å². The predicted octanol–water partition coefficient (Wildman–Crippen LogP) is 2.71. The van der Waals surface area contributed by atoms with E-state index in [1.54, 1.807) is 6.07 Å². The van der Waals surface area contributed by atoms with Gasteiger partial charge in [-0.2, -0.15) is 5.21 Å². The number of benzene rings is 1. The molecule has 6 nitrogen and oxygen atoms in total. The van der Waals surface area contributed by atoms with E-state index in [0.29, 0.717) is 5.56 Å². The molecular formula is C14H10N4O2S. The van der Waals surface area contributed by atoms with Crippen molar-refractivity contribution in [1.29, 1.82) is 0 Å². The summed E-state index contributed by atoms with van der Waals surface area (Å²) in [5.74, 6) is -0.642. The third-order valence-electron chi connectivity index (χ3n) is 2.81. The van der Waals surface area contributed by atoms with Crippen molar-refractivity contribution < 1.29 is 9.90 Å². The summed E-state index contributed by atoms with van der Waals surface area (Å²) >= 11 is 1.47. The molecule has 0 aliphatic heterocycles. The first-order chi connectivity index (χ1) is 10.3. The standard InChI is InChI=1S/C14H10N4O2S/c19-11(8-12(20)14-15-17-18-16-14)10-6-7-21-13(10)9-4-2-1-3-5-9/h1-8,20H,(H,15,16,17,18). The van der Waals surface area contributed by atoms with Gasteiger partial charge in [-0.3, -0.25) is 4.79 Å². The summed E-state index contributed by atoms with van der Waals surface area (Å²) in [5, 5.41) is 24.4. The lowest BCUT2D eigenvalue weighted by Crippen LogP contribution is -1.97. The Morgan fingerprint density at radius 2 is 2.05 bits per heavy atom. The number of aliphatic hydroxyl groups is 1. The van der Waals surface area contributed by atoms with Crippen molar-refractivity contribution in [1.82, 2.24) is 20.6 Å². The SMILES string of the molecule is O=C(C=C(O)c1nn[nH]n1)c1ccsc1-c1ccccc1. The highest BCUT2D eigenvalue weighted by molar-refractivity contribution is 7.14. The number of hydrogen-bond acceptors (Lipinski definition) is 6. The highest BCUT2D eigenvalue weighted by Gasteiger charge is 2.15. The number of aromatic nitrogens is 4. The second kappa shape index (κ2) is 5.68. The van der Waals surface area contributed by atoms with Crippen molar-refractivity contribution in [2.75, 3.05) is 0 Å². The Labute approximate surface area is 123 Å². The van der Waals surface area contributed by atoms with Gasteiger partial charge in [0.05, 0.1) is 0 Å². The summed E-state index contributed by atoms with van der Waals surface area (Å²) in [5.41, 5.74) is 1.49. The zero-order valence-electron chi connectivity index (χ0n) is 10.7. The maximum Gasteiger partial charge on any atom is 0.239 e. The van der Waals surface area contributed by atoms with Crippen LogP contribution in [0.3, 0.4) is 0 Å². The fourth-order valence-corrected chi connectivity index (χ4v) is 2.76. The molecule has 2 N–H and O–H groups in total. The van der Waals surface area contributed by atoms with Gasteiger partial charge in [-0.1, -0.05) is 30.3 Å². The normalized spacial score (nSPS) is 11.5. The van der Waals surface area contributed by atoms with Crippen molar-refractivity contribution in [2.24, 2.45) is 0 Å². The van der Waals surface area contributed by atoms with Gasteiger partial charge in [0.2, 0.25) is 5.82 Å². The van der Waals surface area contributed by atoms with Crippen LogP contribution in [-0.4, -0.2) is 31.5 Å².